The number of nitrogens with one attached hydrogen (secondary N) is 4. The third-order valence-corrected chi connectivity index (χ3v) is 12.9. The molecule has 4 amide bonds. The van der Waals surface area contributed by atoms with Gasteiger partial charge in [0.1, 0.15) is 23.7 Å². The minimum absolute atomic E-state index is 0.00592. The zero-order chi connectivity index (χ0) is 45.4. The van der Waals surface area contributed by atoms with Crippen LogP contribution in [0.4, 0.5) is 4.79 Å². The Morgan fingerprint density at radius 1 is 0.652 bits per heavy atom. The largest absolute Gasteiger partial charge is 0.370 e. The number of H-pyrrole nitrogens is 2. The number of benzene rings is 4. The van der Waals surface area contributed by atoms with Crippen LogP contribution in [0.2, 0.25) is 0 Å². The molecule has 4 N–H and O–H groups in total. The molecule has 0 aliphatic carbocycles. The number of likely N-dealkylation sites (tertiary alicyclic amines) is 2. The lowest BCUT2D eigenvalue weighted by molar-refractivity contribution is -0.135. The fourth-order valence-corrected chi connectivity index (χ4v) is 9.19. The predicted molar refractivity (Wildman–Crippen MR) is 252 cm³/mol. The summed E-state index contributed by atoms with van der Waals surface area (Å²) in [6.07, 6.45) is 7.00. The highest BCUT2D eigenvalue weighted by atomic mass is 16.5. The highest BCUT2D eigenvalue weighted by molar-refractivity contribution is 5.89. The Morgan fingerprint density at radius 3 is 1.61 bits per heavy atom. The van der Waals surface area contributed by atoms with Gasteiger partial charge in [-0.25, -0.2) is 14.8 Å². The lowest BCUT2D eigenvalue weighted by atomic mass is 10.0. The fourth-order valence-electron chi connectivity index (χ4n) is 9.19. The average Bonchev–Trinajstić information content (AvgIpc) is 4.22. The second-order valence-electron chi connectivity index (χ2n) is 17.2. The van der Waals surface area contributed by atoms with E-state index in [4.69, 9.17) is 14.7 Å². The minimum atomic E-state index is -0.804. The Kier molecular flexibility index (Phi) is 13.7. The van der Waals surface area contributed by atoms with Gasteiger partial charge in [0.2, 0.25) is 11.8 Å². The van der Waals surface area contributed by atoms with Crippen molar-refractivity contribution in [3.05, 3.63) is 155 Å². The van der Waals surface area contributed by atoms with Crippen LogP contribution in [0, 0.1) is 11.8 Å². The van der Waals surface area contributed by atoms with Crippen molar-refractivity contribution >= 4 is 17.8 Å². The molecule has 3 aliphatic heterocycles. The van der Waals surface area contributed by atoms with Gasteiger partial charge in [0, 0.05) is 57.5 Å². The van der Waals surface area contributed by atoms with E-state index in [0.29, 0.717) is 26.2 Å². The number of carbonyl (C=O) groups is 3. The summed E-state index contributed by atoms with van der Waals surface area (Å²) < 4.78 is 5.26. The molecule has 3 aliphatic rings. The maximum absolute atomic E-state index is 14.3. The zero-order valence-corrected chi connectivity index (χ0v) is 37.5. The second-order valence-corrected chi connectivity index (χ2v) is 17.2. The van der Waals surface area contributed by atoms with E-state index >= 15 is 0 Å². The summed E-state index contributed by atoms with van der Waals surface area (Å²) in [6.45, 7) is 4.35. The molecule has 338 valence electrons. The molecule has 5 heterocycles. The van der Waals surface area contributed by atoms with Crippen molar-refractivity contribution in [3.63, 3.8) is 0 Å². The minimum Gasteiger partial charge on any atom is -0.370 e. The number of aromatic amines is 2. The van der Waals surface area contributed by atoms with Gasteiger partial charge in [-0.05, 0) is 79.3 Å². The number of likely N-dealkylation sites (N-methyl/N-ethyl adjacent to an activating group) is 1. The molecular weight excluding hydrogens is 829 g/mol. The van der Waals surface area contributed by atoms with Gasteiger partial charge in [0.25, 0.3) is 0 Å². The molecule has 2 aromatic heterocycles. The van der Waals surface area contributed by atoms with Crippen molar-refractivity contribution in [1.82, 2.24) is 50.2 Å². The number of aromatic nitrogens is 4. The first-order valence-electron chi connectivity index (χ1n) is 22.8. The Balaban J connectivity index is 0.825. The Morgan fingerprint density at radius 2 is 1.12 bits per heavy atom. The molecule has 3 saturated heterocycles. The summed E-state index contributed by atoms with van der Waals surface area (Å²) in [7, 11) is 3.66. The quantitative estimate of drug-likeness (QED) is 0.0771. The molecule has 0 bridgehead atoms. The number of piperazine rings is 1. The number of methoxy groups -OCH3 is 1. The Bertz CT molecular complexity index is 2650. The molecule has 14 heteroatoms. The number of nitrogens with zero attached hydrogens (tertiary/aromatic N) is 6. The number of hydrogen-bond donors (Lipinski definition) is 4. The maximum atomic E-state index is 14.3. The number of rotatable bonds is 12. The van der Waals surface area contributed by atoms with Gasteiger partial charge in [-0.15, -0.1) is 0 Å². The number of urea groups is 1. The highest BCUT2D eigenvalue weighted by Crippen LogP contribution is 2.36. The van der Waals surface area contributed by atoms with Gasteiger partial charge in [0.15, 0.2) is 0 Å². The maximum Gasteiger partial charge on any atom is 0.318 e. The average molecular weight is 885 g/mol. The van der Waals surface area contributed by atoms with Crippen LogP contribution in [0.25, 0.3) is 22.5 Å². The van der Waals surface area contributed by atoms with Crippen LogP contribution in [0.5, 0.6) is 0 Å². The molecule has 4 atom stereocenters. The van der Waals surface area contributed by atoms with Crippen LogP contribution in [0.1, 0.15) is 83.8 Å². The molecule has 9 rings (SSSR count). The molecule has 0 unspecified atom stereocenters. The van der Waals surface area contributed by atoms with Crippen molar-refractivity contribution in [2.75, 3.05) is 60.2 Å². The topological polar surface area (TPSA) is 155 Å². The lowest BCUT2D eigenvalue weighted by Gasteiger charge is -2.34. The fraction of sp³-hybridized carbons (Fsp3) is 0.327. The number of carbonyl (C=O) groups excluding carboxylic acids is 3. The molecule has 0 saturated carbocycles. The Hall–Kier alpha value is -7.05. The zero-order valence-electron chi connectivity index (χ0n) is 37.5. The van der Waals surface area contributed by atoms with E-state index < -0.39 is 12.1 Å². The van der Waals surface area contributed by atoms with Crippen LogP contribution in [0.15, 0.2) is 122 Å². The van der Waals surface area contributed by atoms with Crippen LogP contribution in [-0.4, -0.2) is 118 Å². The first kappa shape index (κ1) is 44.2. The van der Waals surface area contributed by atoms with E-state index in [1.165, 1.54) is 0 Å². The predicted octanol–water partition coefficient (Wildman–Crippen LogP) is 6.83. The lowest BCUT2D eigenvalue weighted by Crippen LogP contribution is -2.53. The van der Waals surface area contributed by atoms with Crippen molar-refractivity contribution in [3.8, 4) is 34.4 Å². The number of hydrogen-bond acceptors (Lipinski definition) is 8. The van der Waals surface area contributed by atoms with E-state index in [-0.39, 0.29) is 36.7 Å². The van der Waals surface area contributed by atoms with Gasteiger partial charge in [-0.1, -0.05) is 96.8 Å². The summed E-state index contributed by atoms with van der Waals surface area (Å²) in [5, 5.41) is 6.33. The normalized spacial score (nSPS) is 18.4. The van der Waals surface area contributed by atoms with Gasteiger partial charge in [-0.3, -0.25) is 14.9 Å². The van der Waals surface area contributed by atoms with Gasteiger partial charge < -0.3 is 39.6 Å². The summed E-state index contributed by atoms with van der Waals surface area (Å²) in [6, 6.07) is 33.4. The van der Waals surface area contributed by atoms with E-state index in [1.807, 2.05) is 138 Å². The van der Waals surface area contributed by atoms with Crippen LogP contribution in [-0.2, 0) is 14.3 Å². The molecular formula is C52H56N10O4. The summed E-state index contributed by atoms with van der Waals surface area (Å²) >= 11 is 0. The molecule has 6 aromatic rings. The molecule has 66 heavy (non-hydrogen) atoms. The molecule has 4 aromatic carbocycles. The van der Waals surface area contributed by atoms with Crippen molar-refractivity contribution < 1.29 is 19.1 Å². The van der Waals surface area contributed by atoms with Crippen molar-refractivity contribution in [1.29, 1.82) is 0 Å². The SMILES string of the molecule is COCN[C@@H](C(=O)N1CCC[C@H]1c1ncc(-c2ccc(C#Cc3ccc(-c4cnc([C@@H]5CCCN5C(=O)[C@H](NC(=O)N5CCN(C)CC5)c5ccccc5)[nH]4)cc3)cc2)[nH]1)c1ccccc1. The smallest absolute Gasteiger partial charge is 0.318 e. The third kappa shape index (κ3) is 9.94. The number of ether oxygens (including phenoxy) is 1. The van der Waals surface area contributed by atoms with E-state index in [2.05, 4.69) is 37.3 Å². The van der Waals surface area contributed by atoms with Crippen molar-refractivity contribution in [2.45, 2.75) is 49.9 Å². The van der Waals surface area contributed by atoms with Gasteiger partial charge in [0.05, 0.1) is 42.6 Å². The van der Waals surface area contributed by atoms with Crippen molar-refractivity contribution in [2.24, 2.45) is 0 Å². The monoisotopic (exact) mass is 884 g/mol. The molecule has 0 spiro atoms. The standard InChI is InChI=1S/C52H56N10O4/c1-59-29-31-60(32-30-59)52(65)58-47(41-13-7-4-8-14-41)51(64)62-28-10-16-45(62)49-54-34-43(57-49)39-25-21-37(22-26-39)18-17-36-19-23-38(24-20-36)42-33-53-48(56-42)44-15-9-27-61(44)50(63)46(55-35-66-2)40-11-5-3-6-12-40/h3-8,11-14,19-26,33-34,44-47,55H,9-10,15-16,27-32,35H2,1-2H3,(H,53,56)(H,54,57)(H,58,65)/t44-,45-,46+,47+/m0/s1. The molecule has 3 fully saturated rings. The van der Waals surface area contributed by atoms with E-state index in [9.17, 15) is 14.4 Å². The first-order chi connectivity index (χ1) is 32.3. The van der Waals surface area contributed by atoms with E-state index in [0.717, 1.165) is 95.2 Å². The summed E-state index contributed by atoms with van der Waals surface area (Å²) in [5.41, 5.74) is 7.09. The van der Waals surface area contributed by atoms with Crippen LogP contribution < -0.4 is 10.6 Å². The number of imidazole rings is 2. The van der Waals surface area contributed by atoms with Crippen LogP contribution >= 0.6 is 0 Å². The highest BCUT2D eigenvalue weighted by Gasteiger charge is 2.38. The van der Waals surface area contributed by atoms with Gasteiger partial charge in [-0.2, -0.15) is 0 Å². The first-order valence-corrected chi connectivity index (χ1v) is 22.8. The third-order valence-electron chi connectivity index (χ3n) is 12.9. The van der Waals surface area contributed by atoms with Crippen LogP contribution in [0.3, 0.4) is 0 Å². The molecule has 0 radical (unpaired) electrons. The second kappa shape index (κ2) is 20.4. The number of amides is 4. The summed E-state index contributed by atoms with van der Waals surface area (Å²) in [5.74, 6) is 7.96. The van der Waals surface area contributed by atoms with E-state index in [1.54, 1.807) is 12.0 Å². The Labute approximate surface area is 385 Å². The molecule has 14 nitrogen and oxygen atoms in total. The van der Waals surface area contributed by atoms with Gasteiger partial charge >= 0.3 is 6.03 Å². The summed E-state index contributed by atoms with van der Waals surface area (Å²) in [4.78, 5) is 65.9.